The van der Waals surface area contributed by atoms with E-state index in [1.54, 1.807) is 16.7 Å². The molecule has 0 N–H and O–H groups in total. The lowest BCUT2D eigenvalue weighted by molar-refractivity contribution is -0.125. The van der Waals surface area contributed by atoms with Crippen LogP contribution >= 0.6 is 11.8 Å². The Hall–Kier alpha value is -0.510. The molecule has 0 bridgehead atoms. The van der Waals surface area contributed by atoms with E-state index in [0.29, 0.717) is 5.75 Å². The van der Waals surface area contributed by atoms with Crippen molar-refractivity contribution in [2.24, 2.45) is 4.99 Å². The van der Waals surface area contributed by atoms with Crippen LogP contribution in [0.15, 0.2) is 4.99 Å². The molecule has 0 aliphatic carbocycles. The van der Waals surface area contributed by atoms with Gasteiger partial charge in [0.15, 0.2) is 5.17 Å². The van der Waals surface area contributed by atoms with Gasteiger partial charge in [-0.2, -0.15) is 0 Å². The van der Waals surface area contributed by atoms with Crippen LogP contribution in [0.4, 0.5) is 0 Å². The predicted octanol–water partition coefficient (Wildman–Crippen LogP) is 1.73. The maximum Gasteiger partial charge on any atom is 0.239 e. The van der Waals surface area contributed by atoms with Crippen LogP contribution in [0.2, 0.25) is 0 Å². The standard InChI is InChI=1S/C9H16N2OS/c1-6(2)10-9-11(7(3)4)8(12)5-13-9/h6-7H,5H2,1-4H3/b10-9-. The summed E-state index contributed by atoms with van der Waals surface area (Å²) >= 11 is 1.54. The average Bonchev–Trinajstić information content (AvgIpc) is 2.30. The second kappa shape index (κ2) is 4.13. The molecule has 1 aliphatic heterocycles. The van der Waals surface area contributed by atoms with Crippen molar-refractivity contribution in [1.29, 1.82) is 0 Å². The molecule has 1 heterocycles. The van der Waals surface area contributed by atoms with Crippen LogP contribution in [0.25, 0.3) is 0 Å². The van der Waals surface area contributed by atoms with Crippen molar-refractivity contribution in [1.82, 2.24) is 4.90 Å². The third kappa shape index (κ3) is 2.46. The lowest BCUT2D eigenvalue weighted by atomic mass is 10.3. The molecule has 1 amide bonds. The Balaban J connectivity index is 2.81. The van der Waals surface area contributed by atoms with Crippen molar-refractivity contribution in [2.75, 3.05) is 5.75 Å². The highest BCUT2D eigenvalue weighted by molar-refractivity contribution is 8.15. The molecule has 0 spiro atoms. The number of amides is 1. The first-order chi connectivity index (χ1) is 6.02. The van der Waals surface area contributed by atoms with Gasteiger partial charge in [-0.25, -0.2) is 0 Å². The second-order valence-electron chi connectivity index (χ2n) is 3.65. The fourth-order valence-electron chi connectivity index (χ4n) is 1.20. The zero-order valence-electron chi connectivity index (χ0n) is 8.57. The Morgan fingerprint density at radius 2 is 2.00 bits per heavy atom. The average molecular weight is 200 g/mol. The highest BCUT2D eigenvalue weighted by Crippen LogP contribution is 2.22. The molecule has 13 heavy (non-hydrogen) atoms. The molecular weight excluding hydrogens is 184 g/mol. The quantitative estimate of drug-likeness (QED) is 0.680. The number of carbonyl (C=O) groups excluding carboxylic acids is 1. The summed E-state index contributed by atoms with van der Waals surface area (Å²) in [5.74, 6) is 0.725. The van der Waals surface area contributed by atoms with Crippen molar-refractivity contribution >= 4 is 22.8 Å². The topological polar surface area (TPSA) is 32.7 Å². The Morgan fingerprint density at radius 3 is 2.46 bits per heavy atom. The number of amidine groups is 1. The molecule has 74 valence electrons. The van der Waals surface area contributed by atoms with Crippen molar-refractivity contribution in [3.05, 3.63) is 0 Å². The van der Waals surface area contributed by atoms with Gasteiger partial charge in [-0.05, 0) is 27.7 Å². The molecule has 1 aliphatic rings. The fourth-order valence-corrected chi connectivity index (χ4v) is 2.33. The zero-order valence-corrected chi connectivity index (χ0v) is 9.39. The van der Waals surface area contributed by atoms with Gasteiger partial charge in [0.2, 0.25) is 5.91 Å². The summed E-state index contributed by atoms with van der Waals surface area (Å²) < 4.78 is 0. The van der Waals surface area contributed by atoms with E-state index in [1.807, 2.05) is 27.7 Å². The zero-order chi connectivity index (χ0) is 10.0. The van der Waals surface area contributed by atoms with Crippen LogP contribution in [0, 0.1) is 0 Å². The maximum atomic E-state index is 11.4. The van der Waals surface area contributed by atoms with Crippen LogP contribution in [-0.4, -0.2) is 33.8 Å². The van der Waals surface area contributed by atoms with Crippen molar-refractivity contribution < 1.29 is 4.79 Å². The van der Waals surface area contributed by atoms with Gasteiger partial charge in [0.25, 0.3) is 0 Å². The summed E-state index contributed by atoms with van der Waals surface area (Å²) in [4.78, 5) is 17.6. The van der Waals surface area contributed by atoms with E-state index in [4.69, 9.17) is 0 Å². The minimum absolute atomic E-state index is 0.180. The molecule has 0 atom stereocenters. The van der Waals surface area contributed by atoms with Gasteiger partial charge in [0.1, 0.15) is 0 Å². The summed E-state index contributed by atoms with van der Waals surface area (Å²) in [6, 6.07) is 0.481. The van der Waals surface area contributed by atoms with E-state index in [9.17, 15) is 4.79 Å². The molecule has 0 unspecified atom stereocenters. The van der Waals surface area contributed by atoms with E-state index in [0.717, 1.165) is 5.17 Å². The molecule has 0 saturated carbocycles. The van der Waals surface area contributed by atoms with Crippen LogP contribution in [0.5, 0.6) is 0 Å². The number of aliphatic imine (C=N–C) groups is 1. The van der Waals surface area contributed by atoms with E-state index >= 15 is 0 Å². The van der Waals surface area contributed by atoms with Crippen molar-refractivity contribution in [2.45, 2.75) is 39.8 Å². The van der Waals surface area contributed by atoms with Gasteiger partial charge in [-0.1, -0.05) is 11.8 Å². The van der Waals surface area contributed by atoms with Gasteiger partial charge >= 0.3 is 0 Å². The number of rotatable bonds is 2. The van der Waals surface area contributed by atoms with Gasteiger partial charge in [-0.3, -0.25) is 14.7 Å². The Morgan fingerprint density at radius 1 is 1.38 bits per heavy atom. The van der Waals surface area contributed by atoms with Crippen LogP contribution < -0.4 is 0 Å². The Kier molecular flexibility index (Phi) is 3.36. The molecular formula is C9H16N2OS. The van der Waals surface area contributed by atoms with E-state index in [-0.39, 0.29) is 18.0 Å². The molecule has 0 aromatic heterocycles. The normalized spacial score (nSPS) is 21.2. The minimum atomic E-state index is 0.180. The van der Waals surface area contributed by atoms with Gasteiger partial charge in [-0.15, -0.1) is 0 Å². The van der Waals surface area contributed by atoms with E-state index in [1.165, 1.54) is 0 Å². The molecule has 4 heteroatoms. The second-order valence-corrected chi connectivity index (χ2v) is 4.59. The smallest absolute Gasteiger partial charge is 0.239 e. The van der Waals surface area contributed by atoms with Gasteiger partial charge in [0.05, 0.1) is 5.75 Å². The third-order valence-corrected chi connectivity index (χ3v) is 2.64. The first kappa shape index (κ1) is 10.6. The number of hydrogen-bond acceptors (Lipinski definition) is 3. The van der Waals surface area contributed by atoms with Gasteiger partial charge < -0.3 is 0 Å². The fraction of sp³-hybridized carbons (Fsp3) is 0.778. The van der Waals surface area contributed by atoms with E-state index in [2.05, 4.69) is 4.99 Å². The van der Waals surface area contributed by atoms with Crippen molar-refractivity contribution in [3.8, 4) is 0 Å². The number of hydrogen-bond donors (Lipinski definition) is 0. The molecule has 1 rings (SSSR count). The summed E-state index contributed by atoms with van der Waals surface area (Å²) in [6.45, 7) is 8.07. The Bertz CT molecular complexity index is 236. The molecule has 0 aromatic rings. The number of nitrogens with zero attached hydrogens (tertiary/aromatic N) is 2. The largest absolute Gasteiger partial charge is 0.288 e. The summed E-state index contributed by atoms with van der Waals surface area (Å²) in [5, 5.41) is 0.884. The number of thioether (sulfide) groups is 1. The molecule has 0 radical (unpaired) electrons. The summed E-state index contributed by atoms with van der Waals surface area (Å²) in [6.07, 6.45) is 0. The third-order valence-electron chi connectivity index (χ3n) is 1.68. The molecule has 3 nitrogen and oxygen atoms in total. The molecule has 0 aromatic carbocycles. The first-order valence-corrected chi connectivity index (χ1v) is 5.53. The minimum Gasteiger partial charge on any atom is -0.288 e. The highest BCUT2D eigenvalue weighted by atomic mass is 32.2. The maximum absolute atomic E-state index is 11.4. The lowest BCUT2D eigenvalue weighted by Gasteiger charge is -2.20. The Labute approximate surface area is 83.6 Å². The van der Waals surface area contributed by atoms with Gasteiger partial charge in [0, 0.05) is 12.1 Å². The van der Waals surface area contributed by atoms with Crippen molar-refractivity contribution in [3.63, 3.8) is 0 Å². The first-order valence-electron chi connectivity index (χ1n) is 4.55. The van der Waals surface area contributed by atoms with Crippen LogP contribution in [0.1, 0.15) is 27.7 Å². The monoisotopic (exact) mass is 200 g/mol. The molecule has 1 saturated heterocycles. The van der Waals surface area contributed by atoms with Crippen LogP contribution in [0.3, 0.4) is 0 Å². The predicted molar refractivity (Wildman–Crippen MR) is 57.0 cm³/mol. The SMILES string of the molecule is CC(C)/N=C1\SCC(=O)N1C(C)C. The summed E-state index contributed by atoms with van der Waals surface area (Å²) in [5.41, 5.74) is 0. The van der Waals surface area contributed by atoms with E-state index < -0.39 is 0 Å². The van der Waals surface area contributed by atoms with Crippen LogP contribution in [-0.2, 0) is 4.79 Å². The highest BCUT2D eigenvalue weighted by Gasteiger charge is 2.30. The summed E-state index contributed by atoms with van der Waals surface area (Å²) in [7, 11) is 0. The number of carbonyl (C=O) groups is 1. The lowest BCUT2D eigenvalue weighted by Crippen LogP contribution is -2.36. The molecule has 1 fully saturated rings.